The van der Waals surface area contributed by atoms with Crippen LogP contribution in [0.1, 0.15) is 40.0 Å². The minimum Gasteiger partial charge on any atom is -0.466 e. The standard InChI is InChI=1S/C12H20O4/c1-4-7-8-10(12(14)16-6-3)9-11(13)15-5-2/h8H,4-7,9H2,1-3H3. The monoisotopic (exact) mass is 228 g/mol. The van der Waals surface area contributed by atoms with Crippen LogP contribution in [0.2, 0.25) is 0 Å². The first-order valence-electron chi connectivity index (χ1n) is 5.67. The smallest absolute Gasteiger partial charge is 0.334 e. The Bertz CT molecular complexity index is 256. The fourth-order valence-electron chi connectivity index (χ4n) is 1.14. The van der Waals surface area contributed by atoms with Gasteiger partial charge in [-0.05, 0) is 20.3 Å². The zero-order valence-corrected chi connectivity index (χ0v) is 10.2. The second-order valence-corrected chi connectivity index (χ2v) is 3.22. The Balaban J connectivity index is 4.42. The number of hydrogen-bond acceptors (Lipinski definition) is 4. The van der Waals surface area contributed by atoms with E-state index in [4.69, 9.17) is 9.47 Å². The van der Waals surface area contributed by atoms with E-state index in [1.54, 1.807) is 19.9 Å². The molecule has 0 rings (SSSR count). The summed E-state index contributed by atoms with van der Waals surface area (Å²) < 4.78 is 9.66. The SMILES string of the molecule is CCCC=C(CC(=O)OCC)C(=O)OCC. The van der Waals surface area contributed by atoms with Gasteiger partial charge in [-0.15, -0.1) is 0 Å². The van der Waals surface area contributed by atoms with Gasteiger partial charge in [0.2, 0.25) is 0 Å². The molecule has 0 aliphatic rings. The Morgan fingerprint density at radius 3 is 2.19 bits per heavy atom. The van der Waals surface area contributed by atoms with Gasteiger partial charge in [-0.3, -0.25) is 4.79 Å². The fraction of sp³-hybridized carbons (Fsp3) is 0.667. The van der Waals surface area contributed by atoms with Crippen molar-refractivity contribution in [2.75, 3.05) is 13.2 Å². The maximum atomic E-state index is 11.5. The molecule has 0 radical (unpaired) electrons. The molecule has 0 unspecified atom stereocenters. The highest BCUT2D eigenvalue weighted by molar-refractivity contribution is 5.93. The fourth-order valence-corrected chi connectivity index (χ4v) is 1.14. The van der Waals surface area contributed by atoms with Crippen LogP contribution in [0.25, 0.3) is 0 Å². The molecule has 0 heterocycles. The van der Waals surface area contributed by atoms with Gasteiger partial charge in [0.25, 0.3) is 0 Å². The summed E-state index contributed by atoms with van der Waals surface area (Å²) in [7, 11) is 0. The lowest BCUT2D eigenvalue weighted by Crippen LogP contribution is -2.13. The lowest BCUT2D eigenvalue weighted by molar-refractivity contribution is -0.145. The number of carbonyl (C=O) groups excluding carboxylic acids is 2. The lowest BCUT2D eigenvalue weighted by Gasteiger charge is -2.06. The minimum atomic E-state index is -0.427. The van der Waals surface area contributed by atoms with E-state index in [2.05, 4.69) is 0 Å². The summed E-state index contributed by atoms with van der Waals surface area (Å²) >= 11 is 0. The third kappa shape index (κ3) is 6.22. The Morgan fingerprint density at radius 2 is 1.69 bits per heavy atom. The van der Waals surface area contributed by atoms with Crippen LogP contribution in [-0.4, -0.2) is 25.2 Å². The van der Waals surface area contributed by atoms with Crippen molar-refractivity contribution in [3.8, 4) is 0 Å². The molecule has 0 aliphatic carbocycles. The van der Waals surface area contributed by atoms with E-state index >= 15 is 0 Å². The maximum absolute atomic E-state index is 11.5. The average molecular weight is 228 g/mol. The first-order valence-corrected chi connectivity index (χ1v) is 5.67. The van der Waals surface area contributed by atoms with Crippen molar-refractivity contribution in [1.82, 2.24) is 0 Å². The first-order chi connectivity index (χ1) is 7.65. The van der Waals surface area contributed by atoms with Crippen molar-refractivity contribution < 1.29 is 19.1 Å². The van der Waals surface area contributed by atoms with E-state index in [9.17, 15) is 9.59 Å². The summed E-state index contributed by atoms with van der Waals surface area (Å²) in [6.45, 7) is 6.11. The van der Waals surface area contributed by atoms with Crippen molar-refractivity contribution in [2.45, 2.75) is 40.0 Å². The van der Waals surface area contributed by atoms with Crippen LogP contribution in [0.15, 0.2) is 11.6 Å². The van der Waals surface area contributed by atoms with Gasteiger partial charge < -0.3 is 9.47 Å². The van der Waals surface area contributed by atoms with Gasteiger partial charge >= 0.3 is 11.9 Å². The molecule has 0 fully saturated rings. The van der Waals surface area contributed by atoms with Crippen LogP contribution in [0.5, 0.6) is 0 Å². The van der Waals surface area contributed by atoms with Crippen LogP contribution >= 0.6 is 0 Å². The number of esters is 2. The second-order valence-electron chi connectivity index (χ2n) is 3.22. The number of unbranched alkanes of at least 4 members (excludes halogenated alkanes) is 1. The normalized spacial score (nSPS) is 11.1. The summed E-state index contributed by atoms with van der Waals surface area (Å²) in [5.41, 5.74) is 0.391. The maximum Gasteiger partial charge on any atom is 0.334 e. The largest absolute Gasteiger partial charge is 0.466 e. The van der Waals surface area contributed by atoms with Crippen LogP contribution in [-0.2, 0) is 19.1 Å². The molecule has 4 nitrogen and oxygen atoms in total. The Labute approximate surface area is 96.6 Å². The predicted octanol–water partition coefficient (Wildman–Crippen LogP) is 2.23. The molecule has 0 N–H and O–H groups in total. The lowest BCUT2D eigenvalue weighted by atomic mass is 10.1. The van der Waals surface area contributed by atoms with Crippen LogP contribution in [0.4, 0.5) is 0 Å². The quantitative estimate of drug-likeness (QED) is 0.495. The highest BCUT2D eigenvalue weighted by atomic mass is 16.5. The zero-order chi connectivity index (χ0) is 12.4. The Kier molecular flexibility index (Phi) is 8.21. The number of carbonyl (C=O) groups is 2. The molecule has 0 aromatic carbocycles. The summed E-state index contributed by atoms with van der Waals surface area (Å²) in [6, 6.07) is 0. The molecule has 0 saturated heterocycles. The topological polar surface area (TPSA) is 52.6 Å². The van der Waals surface area contributed by atoms with Crippen LogP contribution in [0, 0.1) is 0 Å². The van der Waals surface area contributed by atoms with Gasteiger partial charge in [0.05, 0.1) is 19.6 Å². The van der Waals surface area contributed by atoms with Gasteiger partial charge in [-0.2, -0.15) is 0 Å². The summed E-state index contributed by atoms with van der Waals surface area (Å²) in [5.74, 6) is -0.818. The van der Waals surface area contributed by atoms with Gasteiger partial charge in [0.15, 0.2) is 0 Å². The molecule has 0 aliphatic heterocycles. The number of ether oxygens (including phenoxy) is 2. The third-order valence-corrected chi connectivity index (χ3v) is 1.86. The van der Waals surface area contributed by atoms with E-state index in [-0.39, 0.29) is 6.42 Å². The van der Waals surface area contributed by atoms with E-state index < -0.39 is 11.9 Å². The van der Waals surface area contributed by atoms with Crippen LogP contribution in [0.3, 0.4) is 0 Å². The number of hydrogen-bond donors (Lipinski definition) is 0. The second kappa shape index (κ2) is 8.95. The first kappa shape index (κ1) is 14.7. The van der Waals surface area contributed by atoms with Crippen molar-refractivity contribution in [3.63, 3.8) is 0 Å². The molecule has 0 spiro atoms. The summed E-state index contributed by atoms with van der Waals surface area (Å²) in [6.07, 6.45) is 3.42. The molecule has 92 valence electrons. The molecule has 0 atom stereocenters. The molecule has 0 bridgehead atoms. The number of rotatable bonds is 7. The average Bonchev–Trinajstić information content (AvgIpc) is 2.24. The summed E-state index contributed by atoms with van der Waals surface area (Å²) in [4.78, 5) is 22.7. The van der Waals surface area contributed by atoms with E-state index in [0.717, 1.165) is 12.8 Å². The van der Waals surface area contributed by atoms with E-state index in [1.807, 2.05) is 6.92 Å². The zero-order valence-electron chi connectivity index (χ0n) is 10.2. The summed E-state index contributed by atoms with van der Waals surface area (Å²) in [5, 5.41) is 0. The molecule has 0 amide bonds. The van der Waals surface area contributed by atoms with Crippen molar-refractivity contribution in [3.05, 3.63) is 11.6 Å². The van der Waals surface area contributed by atoms with Crippen molar-refractivity contribution in [1.29, 1.82) is 0 Å². The van der Waals surface area contributed by atoms with Gasteiger partial charge in [0, 0.05) is 5.57 Å². The highest BCUT2D eigenvalue weighted by Gasteiger charge is 2.15. The molecular formula is C12H20O4. The molecule has 4 heteroatoms. The number of allylic oxidation sites excluding steroid dienone is 1. The molecule has 16 heavy (non-hydrogen) atoms. The Hall–Kier alpha value is -1.32. The van der Waals surface area contributed by atoms with Crippen molar-refractivity contribution in [2.24, 2.45) is 0 Å². The molecular weight excluding hydrogens is 208 g/mol. The van der Waals surface area contributed by atoms with Gasteiger partial charge in [-0.25, -0.2) is 4.79 Å². The molecule has 0 aromatic rings. The van der Waals surface area contributed by atoms with Gasteiger partial charge in [-0.1, -0.05) is 19.4 Å². The van der Waals surface area contributed by atoms with Crippen LogP contribution < -0.4 is 0 Å². The highest BCUT2D eigenvalue weighted by Crippen LogP contribution is 2.08. The van der Waals surface area contributed by atoms with E-state index in [0.29, 0.717) is 18.8 Å². The molecule has 0 saturated carbocycles. The third-order valence-electron chi connectivity index (χ3n) is 1.86. The minimum absolute atomic E-state index is 0.00727. The van der Waals surface area contributed by atoms with Gasteiger partial charge in [0.1, 0.15) is 0 Å². The van der Waals surface area contributed by atoms with E-state index in [1.165, 1.54) is 0 Å². The Morgan fingerprint density at radius 1 is 1.06 bits per heavy atom. The molecule has 0 aromatic heterocycles. The predicted molar refractivity (Wildman–Crippen MR) is 60.9 cm³/mol. The van der Waals surface area contributed by atoms with Crippen molar-refractivity contribution >= 4 is 11.9 Å².